The molecular weight excluding hydrogens is 240 g/mol. The van der Waals surface area contributed by atoms with E-state index >= 15 is 0 Å². The van der Waals surface area contributed by atoms with Crippen LogP contribution < -0.4 is 10.6 Å². The van der Waals surface area contributed by atoms with Gasteiger partial charge in [-0.25, -0.2) is 4.98 Å². The van der Waals surface area contributed by atoms with E-state index in [0.29, 0.717) is 5.82 Å². The van der Waals surface area contributed by atoms with Crippen molar-refractivity contribution in [3.8, 4) is 0 Å². The van der Waals surface area contributed by atoms with Crippen LogP contribution in [0.25, 0.3) is 0 Å². The molecule has 5 nitrogen and oxygen atoms in total. The number of morpholine rings is 1. The average molecular weight is 262 g/mol. The van der Waals surface area contributed by atoms with Crippen molar-refractivity contribution in [2.45, 2.75) is 24.5 Å². The van der Waals surface area contributed by atoms with Gasteiger partial charge in [-0.3, -0.25) is 0 Å². The molecule has 0 aromatic carbocycles. The summed E-state index contributed by atoms with van der Waals surface area (Å²) in [5, 5.41) is 0. The number of hydrogen-bond donors (Lipinski definition) is 1. The van der Waals surface area contributed by atoms with Crippen LogP contribution in [0, 0.1) is 0 Å². The standard InChI is InChI=1S/C14H22N4O/c1-17(2)14(5-6-14)12-10-18(7-8-19-12)11-3-4-13(15)16-9-11/h3-4,9,12H,5-8,10H2,1-2H3,(H2,15,16). The van der Waals surface area contributed by atoms with E-state index in [1.165, 1.54) is 12.8 Å². The molecule has 2 aliphatic rings. The van der Waals surface area contributed by atoms with Crippen molar-refractivity contribution in [1.29, 1.82) is 0 Å². The summed E-state index contributed by atoms with van der Waals surface area (Å²) in [6, 6.07) is 3.90. The number of aromatic nitrogens is 1. The summed E-state index contributed by atoms with van der Waals surface area (Å²) in [4.78, 5) is 8.85. The third kappa shape index (κ3) is 2.28. The number of nitrogens with zero attached hydrogens (tertiary/aromatic N) is 3. The Hall–Kier alpha value is -1.33. The molecule has 1 aromatic heterocycles. The summed E-state index contributed by atoms with van der Waals surface area (Å²) < 4.78 is 6.01. The number of hydrogen-bond acceptors (Lipinski definition) is 5. The molecular formula is C14H22N4O. The number of anilines is 2. The van der Waals surface area contributed by atoms with Gasteiger partial charge >= 0.3 is 0 Å². The second-order valence-electron chi connectivity index (χ2n) is 5.74. The fourth-order valence-corrected chi connectivity index (χ4v) is 2.98. The molecule has 1 atom stereocenters. The molecule has 3 rings (SSSR count). The van der Waals surface area contributed by atoms with Crippen LogP contribution in [0.15, 0.2) is 18.3 Å². The Balaban J connectivity index is 1.73. The number of nitrogens with two attached hydrogens (primary N) is 1. The zero-order valence-corrected chi connectivity index (χ0v) is 11.7. The number of nitrogen functional groups attached to an aromatic ring is 1. The Morgan fingerprint density at radius 1 is 1.42 bits per heavy atom. The molecule has 1 aliphatic carbocycles. The van der Waals surface area contributed by atoms with Crippen LogP contribution in [0.1, 0.15) is 12.8 Å². The minimum atomic E-state index is 0.250. The topological polar surface area (TPSA) is 54.6 Å². The zero-order valence-electron chi connectivity index (χ0n) is 11.7. The molecule has 1 aliphatic heterocycles. The second-order valence-corrected chi connectivity index (χ2v) is 5.74. The van der Waals surface area contributed by atoms with E-state index in [0.717, 1.165) is 25.4 Å². The van der Waals surface area contributed by atoms with Gasteiger partial charge in [-0.2, -0.15) is 0 Å². The molecule has 2 N–H and O–H groups in total. The van der Waals surface area contributed by atoms with Crippen molar-refractivity contribution in [3.63, 3.8) is 0 Å². The van der Waals surface area contributed by atoms with Crippen LogP contribution in [0.4, 0.5) is 11.5 Å². The van der Waals surface area contributed by atoms with E-state index in [9.17, 15) is 0 Å². The summed E-state index contributed by atoms with van der Waals surface area (Å²) in [5.74, 6) is 0.570. The van der Waals surface area contributed by atoms with Gasteiger partial charge in [-0.1, -0.05) is 0 Å². The van der Waals surface area contributed by atoms with Gasteiger partial charge in [0.25, 0.3) is 0 Å². The fourth-order valence-electron chi connectivity index (χ4n) is 2.98. The quantitative estimate of drug-likeness (QED) is 0.879. The molecule has 104 valence electrons. The van der Waals surface area contributed by atoms with E-state index in [1.807, 2.05) is 18.3 Å². The van der Waals surface area contributed by atoms with Gasteiger partial charge in [-0.15, -0.1) is 0 Å². The van der Waals surface area contributed by atoms with Crippen LogP contribution in [-0.4, -0.2) is 55.3 Å². The Bertz CT molecular complexity index is 441. The predicted molar refractivity (Wildman–Crippen MR) is 76.3 cm³/mol. The molecule has 2 heterocycles. The lowest BCUT2D eigenvalue weighted by Crippen LogP contribution is -2.53. The minimum absolute atomic E-state index is 0.250. The first kappa shape index (κ1) is 12.7. The van der Waals surface area contributed by atoms with E-state index < -0.39 is 0 Å². The lowest BCUT2D eigenvalue weighted by molar-refractivity contribution is -0.0215. The Kier molecular flexibility index (Phi) is 3.11. The van der Waals surface area contributed by atoms with Crippen molar-refractivity contribution < 1.29 is 4.74 Å². The predicted octanol–water partition coefficient (Wildman–Crippen LogP) is 0.963. The highest BCUT2D eigenvalue weighted by Gasteiger charge is 2.53. The highest BCUT2D eigenvalue weighted by atomic mass is 16.5. The van der Waals surface area contributed by atoms with E-state index in [2.05, 4.69) is 28.9 Å². The summed E-state index contributed by atoms with van der Waals surface area (Å²) in [6.07, 6.45) is 4.61. The van der Waals surface area contributed by atoms with Gasteiger partial charge < -0.3 is 20.3 Å². The maximum absolute atomic E-state index is 6.01. The van der Waals surface area contributed by atoms with E-state index in [-0.39, 0.29) is 11.6 Å². The fraction of sp³-hybridized carbons (Fsp3) is 0.643. The molecule has 0 bridgehead atoms. The van der Waals surface area contributed by atoms with Gasteiger partial charge in [0, 0.05) is 18.6 Å². The maximum Gasteiger partial charge on any atom is 0.123 e. The minimum Gasteiger partial charge on any atom is -0.384 e. The molecule has 5 heteroatoms. The molecule has 0 radical (unpaired) electrons. The van der Waals surface area contributed by atoms with Crippen LogP contribution in [0.5, 0.6) is 0 Å². The van der Waals surface area contributed by atoms with Crippen molar-refractivity contribution in [1.82, 2.24) is 9.88 Å². The summed E-state index contributed by atoms with van der Waals surface area (Å²) in [5.41, 5.74) is 7.03. The van der Waals surface area contributed by atoms with Crippen LogP contribution in [0.3, 0.4) is 0 Å². The number of rotatable bonds is 3. The molecule has 0 amide bonds. The molecule has 1 aromatic rings. The van der Waals surface area contributed by atoms with Gasteiger partial charge in [0.05, 0.1) is 24.6 Å². The number of ether oxygens (including phenoxy) is 1. The molecule has 1 saturated carbocycles. The van der Waals surface area contributed by atoms with Crippen molar-refractivity contribution in [3.05, 3.63) is 18.3 Å². The van der Waals surface area contributed by atoms with Crippen molar-refractivity contribution in [2.75, 3.05) is 44.4 Å². The van der Waals surface area contributed by atoms with E-state index in [4.69, 9.17) is 10.5 Å². The monoisotopic (exact) mass is 262 g/mol. The summed E-state index contributed by atoms with van der Waals surface area (Å²) in [6.45, 7) is 2.64. The van der Waals surface area contributed by atoms with Crippen LogP contribution in [-0.2, 0) is 4.74 Å². The smallest absolute Gasteiger partial charge is 0.123 e. The Morgan fingerprint density at radius 2 is 2.21 bits per heavy atom. The first-order chi connectivity index (χ1) is 9.12. The van der Waals surface area contributed by atoms with Crippen LogP contribution >= 0.6 is 0 Å². The third-order valence-electron chi connectivity index (χ3n) is 4.45. The SMILES string of the molecule is CN(C)C1(C2CN(c3ccc(N)nc3)CCO2)CC1. The van der Waals surface area contributed by atoms with Gasteiger partial charge in [0.15, 0.2) is 0 Å². The zero-order chi connectivity index (χ0) is 13.5. The summed E-state index contributed by atoms with van der Waals surface area (Å²) >= 11 is 0. The van der Waals surface area contributed by atoms with Crippen LogP contribution in [0.2, 0.25) is 0 Å². The second kappa shape index (κ2) is 4.65. The lowest BCUT2D eigenvalue weighted by Gasteiger charge is -2.40. The molecule has 1 saturated heterocycles. The van der Waals surface area contributed by atoms with Gasteiger partial charge in [0.2, 0.25) is 0 Å². The molecule has 1 unspecified atom stereocenters. The van der Waals surface area contributed by atoms with E-state index in [1.54, 1.807) is 0 Å². The maximum atomic E-state index is 6.01. The third-order valence-corrected chi connectivity index (χ3v) is 4.45. The lowest BCUT2D eigenvalue weighted by atomic mass is 10.1. The normalized spacial score (nSPS) is 25.6. The largest absolute Gasteiger partial charge is 0.384 e. The van der Waals surface area contributed by atoms with Crippen molar-refractivity contribution >= 4 is 11.5 Å². The Labute approximate surface area is 114 Å². The highest BCUT2D eigenvalue weighted by Crippen LogP contribution is 2.45. The first-order valence-corrected chi connectivity index (χ1v) is 6.87. The average Bonchev–Trinajstić information content (AvgIpc) is 3.21. The highest BCUT2D eigenvalue weighted by molar-refractivity contribution is 5.48. The molecule has 0 spiro atoms. The molecule has 2 fully saturated rings. The summed E-state index contributed by atoms with van der Waals surface area (Å²) in [7, 11) is 4.31. The number of pyridine rings is 1. The van der Waals surface area contributed by atoms with Gasteiger partial charge in [0.1, 0.15) is 5.82 Å². The first-order valence-electron chi connectivity index (χ1n) is 6.87. The van der Waals surface area contributed by atoms with Gasteiger partial charge in [-0.05, 0) is 39.1 Å². The Morgan fingerprint density at radius 3 is 2.79 bits per heavy atom. The molecule has 19 heavy (non-hydrogen) atoms. The van der Waals surface area contributed by atoms with Crippen molar-refractivity contribution in [2.24, 2.45) is 0 Å². The number of likely N-dealkylation sites (N-methyl/N-ethyl adjacent to an activating group) is 1.